The Labute approximate surface area is 129 Å². The molecule has 0 atom stereocenters. The van der Waals surface area contributed by atoms with Crippen LogP contribution in [0.1, 0.15) is 34.1 Å². The van der Waals surface area contributed by atoms with Crippen molar-refractivity contribution in [3.63, 3.8) is 0 Å². The van der Waals surface area contributed by atoms with E-state index >= 15 is 0 Å². The van der Waals surface area contributed by atoms with E-state index in [-0.39, 0.29) is 5.78 Å². The lowest BCUT2D eigenvalue weighted by atomic mass is 10.1. The first-order chi connectivity index (χ1) is 10.0. The number of benzene rings is 1. The molecule has 1 heterocycles. The summed E-state index contributed by atoms with van der Waals surface area (Å²) in [5.74, 6) is 1.74. The second-order valence-corrected chi connectivity index (χ2v) is 5.97. The number of ether oxygens (including phenoxy) is 1. The van der Waals surface area contributed by atoms with Gasteiger partial charge in [-0.3, -0.25) is 9.78 Å². The number of carbonyl (C=O) groups excluding carboxylic acids is 1. The third-order valence-electron chi connectivity index (χ3n) is 3.37. The van der Waals surface area contributed by atoms with Crippen molar-refractivity contribution < 1.29 is 9.53 Å². The number of carbonyl (C=O) groups is 1. The van der Waals surface area contributed by atoms with Crippen molar-refractivity contribution in [1.82, 2.24) is 4.98 Å². The van der Waals surface area contributed by atoms with Crippen LogP contribution in [0.4, 0.5) is 0 Å². The second kappa shape index (κ2) is 6.76. The third-order valence-corrected chi connectivity index (χ3v) is 4.37. The molecule has 0 N–H and O–H groups in total. The number of rotatable bonds is 5. The van der Waals surface area contributed by atoms with E-state index in [0.717, 1.165) is 38.8 Å². The predicted molar refractivity (Wildman–Crippen MR) is 86.3 cm³/mol. The van der Waals surface area contributed by atoms with Gasteiger partial charge in [-0.1, -0.05) is 12.1 Å². The van der Waals surface area contributed by atoms with Crippen molar-refractivity contribution in [2.75, 3.05) is 7.11 Å². The Bertz CT molecular complexity index is 668. The summed E-state index contributed by atoms with van der Waals surface area (Å²) >= 11 is 1.67. The van der Waals surface area contributed by atoms with Crippen LogP contribution in [0.15, 0.2) is 35.4 Å². The van der Waals surface area contributed by atoms with E-state index in [1.807, 2.05) is 44.3 Å². The molecular weight excluding hydrogens is 282 g/mol. The van der Waals surface area contributed by atoms with Crippen LogP contribution >= 0.6 is 11.8 Å². The number of aromatic nitrogens is 1. The van der Waals surface area contributed by atoms with Crippen molar-refractivity contribution in [1.29, 1.82) is 0 Å². The molecule has 0 fully saturated rings. The Balaban J connectivity index is 2.17. The molecule has 0 aliphatic rings. The number of thioether (sulfide) groups is 1. The third kappa shape index (κ3) is 3.64. The molecule has 0 aliphatic heterocycles. The summed E-state index contributed by atoms with van der Waals surface area (Å²) in [5.41, 5.74) is 3.87. The molecule has 0 saturated heterocycles. The van der Waals surface area contributed by atoms with E-state index in [1.54, 1.807) is 25.8 Å². The zero-order chi connectivity index (χ0) is 15.4. The topological polar surface area (TPSA) is 39.2 Å². The van der Waals surface area contributed by atoms with Gasteiger partial charge < -0.3 is 4.74 Å². The predicted octanol–water partition coefficient (Wildman–Crippen LogP) is 4.20. The average Bonchev–Trinajstić information content (AvgIpc) is 2.47. The highest BCUT2D eigenvalue weighted by atomic mass is 32.2. The van der Waals surface area contributed by atoms with E-state index in [1.165, 1.54) is 0 Å². The summed E-state index contributed by atoms with van der Waals surface area (Å²) in [6.45, 7) is 5.60. The number of nitrogens with zero attached hydrogens (tertiary/aromatic N) is 1. The van der Waals surface area contributed by atoms with Gasteiger partial charge in [0.2, 0.25) is 0 Å². The summed E-state index contributed by atoms with van der Waals surface area (Å²) in [7, 11) is 1.68. The molecule has 1 aromatic heterocycles. The fraction of sp³-hybridized carbons (Fsp3) is 0.294. The largest absolute Gasteiger partial charge is 0.496 e. The Hall–Kier alpha value is -1.81. The van der Waals surface area contributed by atoms with Gasteiger partial charge in [-0.05, 0) is 32.9 Å². The summed E-state index contributed by atoms with van der Waals surface area (Å²) in [5, 5.41) is 0. The molecule has 0 spiro atoms. The highest BCUT2D eigenvalue weighted by Gasteiger charge is 2.10. The number of aryl methyl sites for hydroxylation is 1. The fourth-order valence-corrected chi connectivity index (χ4v) is 3.15. The number of Topliss-reactive ketones (excluding diaryl/α,β-unsaturated/α-hetero) is 1. The van der Waals surface area contributed by atoms with Crippen LogP contribution in [0.25, 0.3) is 0 Å². The minimum atomic E-state index is 0.0868. The maximum atomic E-state index is 11.4. The van der Waals surface area contributed by atoms with E-state index in [2.05, 4.69) is 4.98 Å². The lowest BCUT2D eigenvalue weighted by Gasteiger charge is -2.12. The van der Waals surface area contributed by atoms with E-state index < -0.39 is 0 Å². The van der Waals surface area contributed by atoms with Gasteiger partial charge in [-0.2, -0.15) is 0 Å². The SMILES string of the molecule is COc1c(C)cnc(CSc2cccc(C(C)=O)c2)c1C. The van der Waals surface area contributed by atoms with Gasteiger partial charge in [0.05, 0.1) is 12.8 Å². The first-order valence-electron chi connectivity index (χ1n) is 6.75. The van der Waals surface area contributed by atoms with Gasteiger partial charge in [-0.15, -0.1) is 11.8 Å². The summed E-state index contributed by atoms with van der Waals surface area (Å²) < 4.78 is 5.43. The quantitative estimate of drug-likeness (QED) is 0.613. The van der Waals surface area contributed by atoms with E-state index in [4.69, 9.17) is 4.74 Å². The van der Waals surface area contributed by atoms with Crippen LogP contribution in [0.3, 0.4) is 0 Å². The van der Waals surface area contributed by atoms with Gasteiger partial charge in [0.1, 0.15) is 5.75 Å². The van der Waals surface area contributed by atoms with Crippen molar-refractivity contribution in [3.8, 4) is 5.75 Å². The summed E-state index contributed by atoms with van der Waals surface area (Å²) in [4.78, 5) is 17.0. The second-order valence-electron chi connectivity index (χ2n) is 4.92. The molecule has 2 rings (SSSR count). The molecule has 0 unspecified atom stereocenters. The Morgan fingerprint density at radius 3 is 2.76 bits per heavy atom. The molecule has 3 nitrogen and oxygen atoms in total. The standard InChI is InChI=1S/C17H19NO2S/c1-11-9-18-16(12(2)17(11)20-4)10-21-15-7-5-6-14(8-15)13(3)19/h5-9H,10H2,1-4H3. The highest BCUT2D eigenvalue weighted by molar-refractivity contribution is 7.98. The normalized spacial score (nSPS) is 10.5. The van der Waals surface area contributed by atoms with Crippen LogP contribution in [0.2, 0.25) is 0 Å². The summed E-state index contributed by atoms with van der Waals surface area (Å²) in [6, 6.07) is 7.69. The molecule has 4 heteroatoms. The molecule has 2 aromatic rings. The molecule has 0 saturated carbocycles. The van der Waals surface area contributed by atoms with Crippen LogP contribution in [-0.4, -0.2) is 17.9 Å². The van der Waals surface area contributed by atoms with E-state index in [9.17, 15) is 4.79 Å². The van der Waals surface area contributed by atoms with Crippen LogP contribution in [0.5, 0.6) is 5.75 Å². The number of methoxy groups -OCH3 is 1. The molecule has 0 aliphatic carbocycles. The molecule has 0 bridgehead atoms. The van der Waals surface area contributed by atoms with Gasteiger partial charge in [0, 0.05) is 33.5 Å². The van der Waals surface area contributed by atoms with Crippen LogP contribution in [0, 0.1) is 13.8 Å². The van der Waals surface area contributed by atoms with Crippen LogP contribution < -0.4 is 4.74 Å². The van der Waals surface area contributed by atoms with Gasteiger partial charge >= 0.3 is 0 Å². The molecule has 0 amide bonds. The van der Waals surface area contributed by atoms with Crippen molar-refractivity contribution in [2.45, 2.75) is 31.4 Å². The highest BCUT2D eigenvalue weighted by Crippen LogP contribution is 2.29. The molecule has 110 valence electrons. The maximum Gasteiger partial charge on any atom is 0.159 e. The Morgan fingerprint density at radius 2 is 2.10 bits per heavy atom. The molecular formula is C17H19NO2S. The Kier molecular flexibility index (Phi) is 5.02. The van der Waals surface area contributed by atoms with Gasteiger partial charge in [-0.25, -0.2) is 0 Å². The maximum absolute atomic E-state index is 11.4. The van der Waals surface area contributed by atoms with Crippen molar-refractivity contribution in [2.24, 2.45) is 0 Å². The zero-order valence-corrected chi connectivity index (χ0v) is 13.6. The van der Waals surface area contributed by atoms with Crippen LogP contribution in [-0.2, 0) is 5.75 Å². The monoisotopic (exact) mass is 301 g/mol. The van der Waals surface area contributed by atoms with Crippen molar-refractivity contribution in [3.05, 3.63) is 52.8 Å². The number of hydrogen-bond acceptors (Lipinski definition) is 4. The zero-order valence-electron chi connectivity index (χ0n) is 12.8. The van der Waals surface area contributed by atoms with Crippen molar-refractivity contribution >= 4 is 17.5 Å². The minimum absolute atomic E-state index is 0.0868. The smallest absolute Gasteiger partial charge is 0.159 e. The molecule has 21 heavy (non-hydrogen) atoms. The first kappa shape index (κ1) is 15.6. The van der Waals surface area contributed by atoms with Gasteiger partial charge in [0.25, 0.3) is 0 Å². The minimum Gasteiger partial charge on any atom is -0.496 e. The summed E-state index contributed by atoms with van der Waals surface area (Å²) in [6.07, 6.45) is 1.84. The average molecular weight is 301 g/mol. The van der Waals surface area contributed by atoms with Gasteiger partial charge in [0.15, 0.2) is 5.78 Å². The lowest BCUT2D eigenvalue weighted by molar-refractivity contribution is 0.101. The number of pyridine rings is 1. The van der Waals surface area contributed by atoms with E-state index in [0.29, 0.717) is 0 Å². The number of hydrogen-bond donors (Lipinski definition) is 0. The number of ketones is 1. The Morgan fingerprint density at radius 1 is 1.33 bits per heavy atom. The fourth-order valence-electron chi connectivity index (χ4n) is 2.17. The molecule has 1 aromatic carbocycles. The lowest BCUT2D eigenvalue weighted by Crippen LogP contribution is -1.99. The molecule has 0 radical (unpaired) electrons. The first-order valence-corrected chi connectivity index (χ1v) is 7.74.